The summed E-state index contributed by atoms with van der Waals surface area (Å²) >= 11 is 0. The highest BCUT2D eigenvalue weighted by Gasteiger charge is 2.14. The third-order valence-corrected chi connectivity index (χ3v) is 3.77. The van der Waals surface area contributed by atoms with Crippen LogP contribution in [0.2, 0.25) is 0 Å². The van der Waals surface area contributed by atoms with Crippen LogP contribution in [0, 0.1) is 6.92 Å². The van der Waals surface area contributed by atoms with Crippen LogP contribution in [-0.2, 0) is 0 Å². The second-order valence-electron chi connectivity index (χ2n) is 6.00. The summed E-state index contributed by atoms with van der Waals surface area (Å²) in [4.78, 5) is 36.3. The van der Waals surface area contributed by atoms with Crippen molar-refractivity contribution >= 4 is 11.8 Å². The average molecular weight is 377 g/mol. The van der Waals surface area contributed by atoms with Gasteiger partial charge in [-0.05, 0) is 19.1 Å². The molecule has 2 aromatic heterocycles. The van der Waals surface area contributed by atoms with Gasteiger partial charge in [-0.2, -0.15) is 0 Å². The summed E-state index contributed by atoms with van der Waals surface area (Å²) in [6.45, 7) is 5.87. The van der Waals surface area contributed by atoms with E-state index < -0.39 is 5.91 Å². The molecule has 0 saturated carbocycles. The molecular weight excluding hydrogens is 358 g/mol. The number of hydrogen-bond acceptors (Lipinski definition) is 6. The molecule has 0 aliphatic rings. The fourth-order valence-corrected chi connectivity index (χ4v) is 2.31. The highest BCUT2D eigenvalue weighted by atomic mass is 16.4. The van der Waals surface area contributed by atoms with Crippen molar-refractivity contribution in [1.29, 1.82) is 0 Å². The van der Waals surface area contributed by atoms with Crippen molar-refractivity contribution in [2.45, 2.75) is 13.3 Å². The molecule has 0 aliphatic carbocycles. The molecule has 8 heteroatoms. The maximum atomic E-state index is 12.2. The molecule has 3 rings (SSSR count). The lowest BCUT2D eigenvalue weighted by Gasteiger charge is -2.08. The monoisotopic (exact) mass is 377 g/mol. The van der Waals surface area contributed by atoms with Gasteiger partial charge in [-0.15, -0.1) is 0 Å². The standard InChI is InChI=1S/C20H19N5O3/c1-13(8-9-21-18(26)16-11-22-14(2)10-23-16)25-19(27)17-12-24-20(28-17)15-6-4-3-5-7-15/h3-7,10-12H,1,8-9H2,2H3,(H,21,26)(H,25,27). The maximum absolute atomic E-state index is 12.2. The van der Waals surface area contributed by atoms with E-state index in [9.17, 15) is 9.59 Å². The Kier molecular flexibility index (Phi) is 5.91. The summed E-state index contributed by atoms with van der Waals surface area (Å²) in [5.41, 5.74) is 2.19. The summed E-state index contributed by atoms with van der Waals surface area (Å²) in [5, 5.41) is 5.33. The predicted molar refractivity (Wildman–Crippen MR) is 102 cm³/mol. The number of benzene rings is 1. The van der Waals surface area contributed by atoms with Gasteiger partial charge in [0.25, 0.3) is 11.8 Å². The van der Waals surface area contributed by atoms with Crippen molar-refractivity contribution in [3.63, 3.8) is 0 Å². The molecule has 0 spiro atoms. The lowest BCUT2D eigenvalue weighted by molar-refractivity contribution is 0.0938. The molecule has 8 nitrogen and oxygen atoms in total. The second-order valence-corrected chi connectivity index (χ2v) is 6.00. The summed E-state index contributed by atoms with van der Waals surface area (Å²) in [5.74, 6) is -0.341. The number of aromatic nitrogens is 3. The Morgan fingerprint density at radius 1 is 1.04 bits per heavy atom. The van der Waals surface area contributed by atoms with Gasteiger partial charge in [0.05, 0.1) is 18.1 Å². The van der Waals surface area contributed by atoms with Gasteiger partial charge < -0.3 is 15.1 Å². The van der Waals surface area contributed by atoms with Crippen LogP contribution >= 0.6 is 0 Å². The van der Waals surface area contributed by atoms with Crippen LogP contribution in [0.3, 0.4) is 0 Å². The minimum absolute atomic E-state index is 0.0824. The largest absolute Gasteiger partial charge is 0.431 e. The topological polar surface area (TPSA) is 110 Å². The van der Waals surface area contributed by atoms with Gasteiger partial charge in [0.1, 0.15) is 5.69 Å². The van der Waals surface area contributed by atoms with Gasteiger partial charge in [-0.3, -0.25) is 14.6 Å². The zero-order valence-corrected chi connectivity index (χ0v) is 15.3. The number of nitrogens with zero attached hydrogens (tertiary/aromatic N) is 3. The fraction of sp³-hybridized carbons (Fsp3) is 0.150. The molecule has 2 amide bonds. The lowest BCUT2D eigenvalue weighted by atomic mass is 10.2. The Morgan fingerprint density at radius 3 is 2.54 bits per heavy atom. The van der Waals surface area contributed by atoms with Crippen LogP contribution in [0.5, 0.6) is 0 Å². The third-order valence-electron chi connectivity index (χ3n) is 3.77. The Balaban J connectivity index is 1.47. The van der Waals surface area contributed by atoms with Crippen LogP contribution in [0.1, 0.15) is 33.2 Å². The molecular formula is C20H19N5O3. The number of nitrogens with one attached hydrogen (secondary N) is 2. The van der Waals surface area contributed by atoms with Crippen molar-refractivity contribution in [2.75, 3.05) is 6.54 Å². The summed E-state index contributed by atoms with van der Waals surface area (Å²) < 4.78 is 5.49. The minimum atomic E-state index is -0.449. The summed E-state index contributed by atoms with van der Waals surface area (Å²) in [6.07, 6.45) is 4.66. The molecule has 2 heterocycles. The van der Waals surface area contributed by atoms with Crippen LogP contribution in [0.4, 0.5) is 0 Å². The van der Waals surface area contributed by atoms with Crippen LogP contribution in [0.25, 0.3) is 11.5 Å². The molecule has 0 aliphatic heterocycles. The maximum Gasteiger partial charge on any atom is 0.292 e. The molecule has 2 N–H and O–H groups in total. The van der Waals surface area contributed by atoms with Gasteiger partial charge >= 0.3 is 0 Å². The molecule has 0 fully saturated rings. The van der Waals surface area contributed by atoms with Crippen LogP contribution in [-0.4, -0.2) is 33.3 Å². The summed E-state index contributed by atoms with van der Waals surface area (Å²) in [7, 11) is 0. The SMILES string of the molecule is C=C(CCNC(=O)c1cnc(C)cn1)NC(=O)c1cnc(-c2ccccc2)o1. The van der Waals surface area contributed by atoms with Crippen molar-refractivity contribution in [1.82, 2.24) is 25.6 Å². The average Bonchev–Trinajstić information content (AvgIpc) is 3.19. The number of carbonyl (C=O) groups is 2. The first kappa shape index (κ1) is 19.0. The third kappa shape index (κ3) is 4.88. The fourth-order valence-electron chi connectivity index (χ4n) is 2.31. The van der Waals surface area contributed by atoms with E-state index in [0.29, 0.717) is 24.6 Å². The first-order chi connectivity index (χ1) is 13.5. The Bertz CT molecular complexity index is 981. The van der Waals surface area contributed by atoms with Gasteiger partial charge in [0.15, 0.2) is 0 Å². The number of amides is 2. The number of oxazole rings is 1. The van der Waals surface area contributed by atoms with E-state index in [0.717, 1.165) is 11.3 Å². The van der Waals surface area contributed by atoms with Crippen LogP contribution < -0.4 is 10.6 Å². The summed E-state index contributed by atoms with van der Waals surface area (Å²) in [6, 6.07) is 9.28. The predicted octanol–water partition coefficient (Wildman–Crippen LogP) is 2.50. The van der Waals surface area contributed by atoms with Crippen molar-refractivity contribution in [3.8, 4) is 11.5 Å². The molecule has 28 heavy (non-hydrogen) atoms. The Hall–Kier alpha value is -3.81. The molecule has 0 unspecified atom stereocenters. The molecule has 1 aromatic carbocycles. The Morgan fingerprint density at radius 2 is 1.82 bits per heavy atom. The van der Waals surface area contributed by atoms with E-state index in [2.05, 4.69) is 32.2 Å². The minimum Gasteiger partial charge on any atom is -0.431 e. The first-order valence-electron chi connectivity index (χ1n) is 8.60. The van der Waals surface area contributed by atoms with E-state index >= 15 is 0 Å². The van der Waals surface area contributed by atoms with Crippen molar-refractivity contribution in [2.24, 2.45) is 0 Å². The van der Waals surface area contributed by atoms with Crippen molar-refractivity contribution < 1.29 is 14.0 Å². The molecule has 0 atom stereocenters. The zero-order valence-electron chi connectivity index (χ0n) is 15.3. The quantitative estimate of drug-likeness (QED) is 0.655. The lowest BCUT2D eigenvalue weighted by Crippen LogP contribution is -2.28. The molecule has 3 aromatic rings. The van der Waals surface area contributed by atoms with E-state index in [1.807, 2.05) is 30.3 Å². The second kappa shape index (κ2) is 8.72. The van der Waals surface area contributed by atoms with Gasteiger partial charge in [-0.1, -0.05) is 24.8 Å². The molecule has 142 valence electrons. The smallest absolute Gasteiger partial charge is 0.292 e. The number of aryl methyl sites for hydroxylation is 1. The van der Waals surface area contributed by atoms with Crippen molar-refractivity contribution in [3.05, 3.63) is 78.3 Å². The number of carbonyl (C=O) groups excluding carboxylic acids is 2. The van der Waals surface area contributed by atoms with E-state index in [-0.39, 0.29) is 17.4 Å². The van der Waals surface area contributed by atoms with Gasteiger partial charge in [0, 0.05) is 30.4 Å². The highest BCUT2D eigenvalue weighted by molar-refractivity contribution is 5.93. The van der Waals surface area contributed by atoms with Gasteiger partial charge in [-0.25, -0.2) is 9.97 Å². The van der Waals surface area contributed by atoms with E-state index in [1.165, 1.54) is 18.6 Å². The number of rotatable bonds is 7. The van der Waals surface area contributed by atoms with Crippen LogP contribution in [0.15, 0.2) is 65.6 Å². The number of hydrogen-bond donors (Lipinski definition) is 2. The Labute approximate surface area is 161 Å². The highest BCUT2D eigenvalue weighted by Crippen LogP contribution is 2.18. The zero-order chi connectivity index (χ0) is 19.9. The molecule has 0 saturated heterocycles. The van der Waals surface area contributed by atoms with E-state index in [4.69, 9.17) is 4.42 Å². The molecule has 0 radical (unpaired) electrons. The molecule has 0 bridgehead atoms. The normalized spacial score (nSPS) is 10.3. The first-order valence-corrected chi connectivity index (χ1v) is 8.60. The van der Waals surface area contributed by atoms with E-state index in [1.54, 1.807) is 6.92 Å². The van der Waals surface area contributed by atoms with Gasteiger partial charge in [0.2, 0.25) is 11.7 Å².